The highest BCUT2D eigenvalue weighted by atomic mass is 32.2. The summed E-state index contributed by atoms with van der Waals surface area (Å²) in [5.74, 6) is 0.211. The van der Waals surface area contributed by atoms with Crippen molar-refractivity contribution in [2.45, 2.75) is 24.3 Å². The number of rotatable bonds is 5. The third-order valence-electron chi connectivity index (χ3n) is 4.20. The van der Waals surface area contributed by atoms with Crippen LogP contribution in [0.5, 0.6) is 5.75 Å². The number of nitrogens with zero attached hydrogens (tertiary/aromatic N) is 1. The molecule has 0 radical (unpaired) electrons. The fourth-order valence-electron chi connectivity index (χ4n) is 2.81. The molecular weight excluding hydrogens is 348 g/mol. The standard InChI is InChI=1S/C20H22N2O3S/c1-3-12-21-19(23)18-13-22(16-6-4-5-7-17(16)25-18)20(24)14-8-10-15(26-2)11-9-14/h4-11,18H,3,12-13H2,1-2H3,(H,21,23)/t18-/m1/s1. The van der Waals surface area contributed by atoms with Crippen LogP contribution in [0.25, 0.3) is 0 Å². The summed E-state index contributed by atoms with van der Waals surface area (Å²) in [4.78, 5) is 28.2. The van der Waals surface area contributed by atoms with Crippen LogP contribution in [-0.2, 0) is 4.79 Å². The molecule has 0 saturated heterocycles. The molecule has 0 aromatic heterocycles. The molecule has 0 unspecified atom stereocenters. The van der Waals surface area contributed by atoms with E-state index in [1.165, 1.54) is 0 Å². The molecule has 0 spiro atoms. The molecule has 3 rings (SSSR count). The van der Waals surface area contributed by atoms with E-state index in [2.05, 4.69) is 5.32 Å². The molecule has 6 heteroatoms. The zero-order chi connectivity index (χ0) is 18.5. The van der Waals surface area contributed by atoms with Crippen molar-refractivity contribution < 1.29 is 14.3 Å². The second-order valence-electron chi connectivity index (χ2n) is 6.01. The van der Waals surface area contributed by atoms with Gasteiger partial charge in [-0.25, -0.2) is 0 Å². The summed E-state index contributed by atoms with van der Waals surface area (Å²) < 4.78 is 5.83. The highest BCUT2D eigenvalue weighted by Gasteiger charge is 2.33. The van der Waals surface area contributed by atoms with Crippen LogP contribution in [0.2, 0.25) is 0 Å². The van der Waals surface area contributed by atoms with E-state index in [9.17, 15) is 9.59 Å². The zero-order valence-electron chi connectivity index (χ0n) is 14.9. The second-order valence-corrected chi connectivity index (χ2v) is 6.89. The Bertz CT molecular complexity index is 792. The Morgan fingerprint density at radius 2 is 1.92 bits per heavy atom. The molecule has 2 aromatic carbocycles. The number of benzene rings is 2. The number of hydrogen-bond acceptors (Lipinski definition) is 4. The van der Waals surface area contributed by atoms with Crippen LogP contribution in [0.3, 0.4) is 0 Å². The van der Waals surface area contributed by atoms with Gasteiger partial charge in [0.25, 0.3) is 11.8 Å². The average Bonchev–Trinajstić information content (AvgIpc) is 2.70. The predicted octanol–water partition coefficient (Wildman–Crippen LogP) is 3.34. The molecule has 1 aliphatic heterocycles. The van der Waals surface area contributed by atoms with Crippen molar-refractivity contribution in [3.8, 4) is 5.75 Å². The summed E-state index contributed by atoms with van der Waals surface area (Å²) in [6, 6.07) is 14.8. The van der Waals surface area contributed by atoms with Crippen LogP contribution >= 0.6 is 11.8 Å². The first kappa shape index (κ1) is 18.3. The Morgan fingerprint density at radius 3 is 2.62 bits per heavy atom. The topological polar surface area (TPSA) is 58.6 Å². The van der Waals surface area contributed by atoms with Gasteiger partial charge in [-0.1, -0.05) is 19.1 Å². The minimum Gasteiger partial charge on any atom is -0.477 e. The van der Waals surface area contributed by atoms with Crippen molar-refractivity contribution in [1.82, 2.24) is 5.32 Å². The number of nitrogens with one attached hydrogen (secondary N) is 1. The Labute approximate surface area is 157 Å². The summed E-state index contributed by atoms with van der Waals surface area (Å²) in [5, 5.41) is 2.84. The third-order valence-corrected chi connectivity index (χ3v) is 4.94. The molecule has 2 aromatic rings. The quantitative estimate of drug-likeness (QED) is 0.820. The number of fused-ring (bicyclic) bond motifs is 1. The number of carbonyl (C=O) groups excluding carboxylic acids is 2. The number of amides is 2. The number of ether oxygens (including phenoxy) is 1. The Balaban J connectivity index is 1.88. The van der Waals surface area contributed by atoms with Crippen LogP contribution in [0, 0.1) is 0 Å². The van der Waals surface area contributed by atoms with Crippen LogP contribution in [0.4, 0.5) is 5.69 Å². The number of hydrogen-bond donors (Lipinski definition) is 1. The monoisotopic (exact) mass is 370 g/mol. The molecule has 0 bridgehead atoms. The lowest BCUT2D eigenvalue weighted by molar-refractivity contribution is -0.127. The number of anilines is 1. The lowest BCUT2D eigenvalue weighted by atomic mass is 10.1. The largest absolute Gasteiger partial charge is 0.477 e. The number of carbonyl (C=O) groups is 2. The summed E-state index contributed by atoms with van der Waals surface area (Å²) >= 11 is 1.63. The Kier molecular flexibility index (Phi) is 5.83. The first-order valence-corrected chi connectivity index (χ1v) is 9.85. The molecule has 0 saturated carbocycles. The first-order valence-electron chi connectivity index (χ1n) is 8.63. The summed E-state index contributed by atoms with van der Waals surface area (Å²) in [6.45, 7) is 2.77. The molecule has 1 N–H and O–H groups in total. The Morgan fingerprint density at radius 1 is 1.19 bits per heavy atom. The maximum Gasteiger partial charge on any atom is 0.262 e. The Hall–Kier alpha value is -2.47. The minimum atomic E-state index is -0.717. The van der Waals surface area contributed by atoms with E-state index in [-0.39, 0.29) is 18.4 Å². The normalized spacial score (nSPS) is 15.8. The van der Waals surface area contributed by atoms with Crippen molar-refractivity contribution >= 4 is 29.3 Å². The molecular formula is C20H22N2O3S. The van der Waals surface area contributed by atoms with E-state index in [1.807, 2.05) is 55.6 Å². The van der Waals surface area contributed by atoms with Gasteiger partial charge in [-0.2, -0.15) is 0 Å². The maximum atomic E-state index is 13.1. The van der Waals surface area contributed by atoms with Crippen LogP contribution in [0.1, 0.15) is 23.7 Å². The maximum absolute atomic E-state index is 13.1. The average molecular weight is 370 g/mol. The van der Waals surface area contributed by atoms with Gasteiger partial charge >= 0.3 is 0 Å². The fourth-order valence-corrected chi connectivity index (χ4v) is 3.22. The van der Waals surface area contributed by atoms with Crippen molar-refractivity contribution in [2.24, 2.45) is 0 Å². The van der Waals surface area contributed by atoms with E-state index in [1.54, 1.807) is 22.7 Å². The number of thioether (sulfide) groups is 1. The van der Waals surface area contributed by atoms with Crippen molar-refractivity contribution in [3.05, 3.63) is 54.1 Å². The second kappa shape index (κ2) is 8.27. The van der Waals surface area contributed by atoms with Crippen molar-refractivity contribution in [2.75, 3.05) is 24.2 Å². The molecule has 0 fully saturated rings. The van der Waals surface area contributed by atoms with E-state index >= 15 is 0 Å². The predicted molar refractivity (Wildman–Crippen MR) is 104 cm³/mol. The third kappa shape index (κ3) is 3.85. The lowest BCUT2D eigenvalue weighted by Crippen LogP contribution is -2.50. The van der Waals surface area contributed by atoms with Gasteiger partial charge in [-0.05, 0) is 49.1 Å². The highest BCUT2D eigenvalue weighted by molar-refractivity contribution is 7.98. The SMILES string of the molecule is CCCNC(=O)[C@H]1CN(C(=O)c2ccc(SC)cc2)c2ccccc2O1. The molecule has 0 aliphatic carbocycles. The van der Waals surface area contributed by atoms with Crippen molar-refractivity contribution in [3.63, 3.8) is 0 Å². The van der Waals surface area contributed by atoms with Gasteiger partial charge in [0.15, 0.2) is 6.10 Å². The van der Waals surface area contributed by atoms with E-state index in [4.69, 9.17) is 4.74 Å². The summed E-state index contributed by atoms with van der Waals surface area (Å²) in [5.41, 5.74) is 1.28. The van der Waals surface area contributed by atoms with Gasteiger partial charge in [0, 0.05) is 17.0 Å². The van der Waals surface area contributed by atoms with Gasteiger partial charge in [-0.15, -0.1) is 11.8 Å². The highest BCUT2D eigenvalue weighted by Crippen LogP contribution is 2.34. The molecule has 1 heterocycles. The van der Waals surface area contributed by atoms with Gasteiger partial charge in [-0.3, -0.25) is 9.59 Å². The lowest BCUT2D eigenvalue weighted by Gasteiger charge is -2.34. The van der Waals surface area contributed by atoms with E-state index < -0.39 is 6.10 Å². The smallest absolute Gasteiger partial charge is 0.262 e. The molecule has 1 aliphatic rings. The van der Waals surface area contributed by atoms with E-state index in [0.717, 1.165) is 11.3 Å². The molecule has 136 valence electrons. The van der Waals surface area contributed by atoms with Gasteiger partial charge < -0.3 is 15.0 Å². The number of para-hydroxylation sites is 2. The minimum absolute atomic E-state index is 0.137. The molecule has 1 atom stereocenters. The van der Waals surface area contributed by atoms with E-state index in [0.29, 0.717) is 23.5 Å². The summed E-state index contributed by atoms with van der Waals surface area (Å²) in [7, 11) is 0. The summed E-state index contributed by atoms with van der Waals surface area (Å²) in [6.07, 6.45) is 2.12. The van der Waals surface area contributed by atoms with Gasteiger partial charge in [0.2, 0.25) is 0 Å². The zero-order valence-corrected chi connectivity index (χ0v) is 15.7. The molecule has 26 heavy (non-hydrogen) atoms. The van der Waals surface area contributed by atoms with Gasteiger partial charge in [0.05, 0.1) is 12.2 Å². The van der Waals surface area contributed by atoms with Crippen LogP contribution in [-0.4, -0.2) is 37.3 Å². The molecule has 2 amide bonds. The van der Waals surface area contributed by atoms with Gasteiger partial charge in [0.1, 0.15) is 5.75 Å². The van der Waals surface area contributed by atoms with Crippen LogP contribution in [0.15, 0.2) is 53.4 Å². The van der Waals surface area contributed by atoms with Crippen LogP contribution < -0.4 is 15.0 Å². The van der Waals surface area contributed by atoms with Crippen molar-refractivity contribution in [1.29, 1.82) is 0 Å². The first-order chi connectivity index (χ1) is 12.6. The molecule has 5 nitrogen and oxygen atoms in total. The fraction of sp³-hybridized carbons (Fsp3) is 0.300.